The minimum absolute atomic E-state index is 0.238. The average Bonchev–Trinajstić information content (AvgIpc) is 2.23. The van der Waals surface area contributed by atoms with Crippen molar-refractivity contribution in [2.24, 2.45) is 0 Å². The van der Waals surface area contributed by atoms with Crippen molar-refractivity contribution in [3.05, 3.63) is 27.7 Å². The Balaban J connectivity index is 2.48. The largest absolute Gasteiger partial charge is 0.493 e. The number of aryl methyl sites for hydroxylation is 2. The molecule has 0 aliphatic rings. The molecule has 1 rings (SSSR count). The Morgan fingerprint density at radius 2 is 1.74 bits per heavy atom. The lowest BCUT2D eigenvalue weighted by atomic mass is 10.1. The number of hydrogen-bond donors (Lipinski definition) is 0. The summed E-state index contributed by atoms with van der Waals surface area (Å²) in [6.07, 6.45) is 0.255. The van der Waals surface area contributed by atoms with Crippen LogP contribution in [0.4, 0.5) is 0 Å². The first-order chi connectivity index (χ1) is 8.69. The number of halogens is 1. The first kappa shape index (κ1) is 16.0. The smallest absolute Gasteiger partial charge is 0.309 e. The SMILES string of the molecule is Cc1cc(OCCC(=O)OC(C)(C)C)cc(C)c1Br. The van der Waals surface area contributed by atoms with Crippen molar-refractivity contribution in [1.29, 1.82) is 0 Å². The summed E-state index contributed by atoms with van der Waals surface area (Å²) in [6.45, 7) is 9.92. The normalized spacial score (nSPS) is 11.3. The monoisotopic (exact) mass is 328 g/mol. The quantitative estimate of drug-likeness (QED) is 0.778. The van der Waals surface area contributed by atoms with E-state index in [2.05, 4.69) is 15.9 Å². The summed E-state index contributed by atoms with van der Waals surface area (Å²) in [4.78, 5) is 11.5. The highest BCUT2D eigenvalue weighted by atomic mass is 79.9. The van der Waals surface area contributed by atoms with Crippen LogP contribution in [0.15, 0.2) is 16.6 Å². The van der Waals surface area contributed by atoms with Gasteiger partial charge in [-0.15, -0.1) is 0 Å². The lowest BCUT2D eigenvalue weighted by Crippen LogP contribution is -2.24. The van der Waals surface area contributed by atoms with Crippen molar-refractivity contribution < 1.29 is 14.3 Å². The summed E-state index contributed by atoms with van der Waals surface area (Å²) in [5.74, 6) is 0.541. The van der Waals surface area contributed by atoms with Gasteiger partial charge < -0.3 is 9.47 Å². The van der Waals surface area contributed by atoms with E-state index in [-0.39, 0.29) is 12.4 Å². The standard InChI is InChI=1S/C15H21BrO3/c1-10-8-12(9-11(2)14(10)16)18-7-6-13(17)19-15(3,4)5/h8-9H,6-7H2,1-5H3. The van der Waals surface area contributed by atoms with Gasteiger partial charge in [0, 0.05) is 4.47 Å². The molecule has 0 atom stereocenters. The summed E-state index contributed by atoms with van der Waals surface area (Å²) >= 11 is 3.51. The second-order valence-electron chi connectivity index (χ2n) is 5.56. The van der Waals surface area contributed by atoms with Crippen molar-refractivity contribution in [2.75, 3.05) is 6.61 Å². The molecule has 0 spiro atoms. The third kappa shape index (κ3) is 5.64. The van der Waals surface area contributed by atoms with Crippen LogP contribution in [0.25, 0.3) is 0 Å². The van der Waals surface area contributed by atoms with Crippen molar-refractivity contribution >= 4 is 21.9 Å². The van der Waals surface area contributed by atoms with E-state index in [1.165, 1.54) is 0 Å². The van der Waals surface area contributed by atoms with Crippen LogP contribution < -0.4 is 4.74 Å². The molecule has 0 bridgehead atoms. The Labute approximate surface area is 123 Å². The molecule has 0 saturated carbocycles. The van der Waals surface area contributed by atoms with Crippen LogP contribution in [0.2, 0.25) is 0 Å². The van der Waals surface area contributed by atoms with Gasteiger partial charge in [0.2, 0.25) is 0 Å². The number of esters is 1. The van der Waals surface area contributed by atoms with Crippen molar-refractivity contribution in [1.82, 2.24) is 0 Å². The minimum atomic E-state index is -0.443. The van der Waals surface area contributed by atoms with Crippen molar-refractivity contribution in [3.8, 4) is 5.75 Å². The molecule has 0 radical (unpaired) electrons. The van der Waals surface area contributed by atoms with Gasteiger partial charge in [0.1, 0.15) is 11.4 Å². The molecule has 1 aromatic carbocycles. The van der Waals surface area contributed by atoms with Crippen LogP contribution >= 0.6 is 15.9 Å². The molecule has 0 aliphatic heterocycles. The van der Waals surface area contributed by atoms with E-state index in [9.17, 15) is 4.79 Å². The zero-order valence-electron chi connectivity index (χ0n) is 12.2. The Morgan fingerprint density at radius 1 is 1.21 bits per heavy atom. The van der Waals surface area contributed by atoms with Crippen LogP contribution in [0.5, 0.6) is 5.75 Å². The van der Waals surface area contributed by atoms with Gasteiger partial charge in [0.25, 0.3) is 0 Å². The Hall–Kier alpha value is -1.03. The molecule has 19 heavy (non-hydrogen) atoms. The Bertz CT molecular complexity index is 438. The summed E-state index contributed by atoms with van der Waals surface area (Å²) < 4.78 is 11.9. The molecular weight excluding hydrogens is 308 g/mol. The summed E-state index contributed by atoms with van der Waals surface area (Å²) in [5, 5.41) is 0. The number of carbonyl (C=O) groups excluding carboxylic acids is 1. The van der Waals surface area contributed by atoms with Gasteiger partial charge in [-0.05, 0) is 57.9 Å². The first-order valence-corrected chi connectivity index (χ1v) is 7.10. The molecule has 0 amide bonds. The van der Waals surface area contributed by atoms with E-state index in [0.717, 1.165) is 21.3 Å². The molecule has 0 aliphatic carbocycles. The Kier molecular flexibility index (Phi) is 5.41. The van der Waals surface area contributed by atoms with Gasteiger partial charge >= 0.3 is 5.97 Å². The van der Waals surface area contributed by atoms with Crippen LogP contribution in [0.3, 0.4) is 0 Å². The molecular formula is C15H21BrO3. The third-order valence-corrected chi connectivity index (χ3v) is 3.66. The fourth-order valence-corrected chi connectivity index (χ4v) is 1.86. The van der Waals surface area contributed by atoms with Gasteiger partial charge in [-0.1, -0.05) is 15.9 Å². The predicted molar refractivity (Wildman–Crippen MR) is 79.6 cm³/mol. The van der Waals surface area contributed by atoms with Crippen molar-refractivity contribution in [3.63, 3.8) is 0 Å². The minimum Gasteiger partial charge on any atom is -0.493 e. The van der Waals surface area contributed by atoms with E-state index >= 15 is 0 Å². The number of carbonyl (C=O) groups is 1. The number of hydrogen-bond acceptors (Lipinski definition) is 3. The number of rotatable bonds is 4. The molecule has 0 unspecified atom stereocenters. The summed E-state index contributed by atoms with van der Waals surface area (Å²) in [6, 6.07) is 3.90. The van der Waals surface area contributed by atoms with Crippen LogP contribution in [-0.4, -0.2) is 18.2 Å². The second-order valence-corrected chi connectivity index (χ2v) is 6.35. The molecule has 0 heterocycles. The van der Waals surface area contributed by atoms with Gasteiger partial charge in [-0.3, -0.25) is 4.79 Å². The predicted octanol–water partition coefficient (Wildman–Crippen LogP) is 4.18. The highest BCUT2D eigenvalue weighted by molar-refractivity contribution is 9.10. The lowest BCUT2D eigenvalue weighted by molar-refractivity contribution is -0.155. The highest BCUT2D eigenvalue weighted by Gasteiger charge is 2.16. The molecule has 106 valence electrons. The zero-order valence-corrected chi connectivity index (χ0v) is 13.8. The zero-order chi connectivity index (χ0) is 14.6. The van der Waals surface area contributed by atoms with Crippen molar-refractivity contribution in [2.45, 2.75) is 46.6 Å². The molecule has 1 aromatic rings. The third-order valence-electron chi connectivity index (χ3n) is 2.40. The van der Waals surface area contributed by atoms with E-state index in [1.807, 2.05) is 46.8 Å². The molecule has 3 nitrogen and oxygen atoms in total. The molecule has 0 N–H and O–H groups in total. The maximum atomic E-state index is 11.5. The van der Waals surface area contributed by atoms with E-state index in [1.54, 1.807) is 0 Å². The number of benzene rings is 1. The highest BCUT2D eigenvalue weighted by Crippen LogP contribution is 2.26. The van der Waals surface area contributed by atoms with Gasteiger partial charge in [-0.2, -0.15) is 0 Å². The summed E-state index contributed by atoms with van der Waals surface area (Å²) in [5.41, 5.74) is 1.79. The molecule has 4 heteroatoms. The molecule has 0 fully saturated rings. The first-order valence-electron chi connectivity index (χ1n) is 6.30. The Morgan fingerprint density at radius 3 is 2.21 bits per heavy atom. The van der Waals surface area contributed by atoms with Crippen LogP contribution in [-0.2, 0) is 9.53 Å². The maximum absolute atomic E-state index is 11.5. The fourth-order valence-electron chi connectivity index (χ4n) is 1.63. The van der Waals surface area contributed by atoms with Gasteiger partial charge in [0.05, 0.1) is 13.0 Å². The maximum Gasteiger partial charge on any atom is 0.309 e. The molecule has 0 aromatic heterocycles. The van der Waals surface area contributed by atoms with Gasteiger partial charge in [-0.25, -0.2) is 0 Å². The van der Waals surface area contributed by atoms with E-state index in [4.69, 9.17) is 9.47 Å². The van der Waals surface area contributed by atoms with Crippen LogP contribution in [0.1, 0.15) is 38.3 Å². The fraction of sp³-hybridized carbons (Fsp3) is 0.533. The van der Waals surface area contributed by atoms with Crippen LogP contribution in [0, 0.1) is 13.8 Å². The van der Waals surface area contributed by atoms with Gasteiger partial charge in [0.15, 0.2) is 0 Å². The van der Waals surface area contributed by atoms with E-state index in [0.29, 0.717) is 6.61 Å². The second kappa shape index (κ2) is 6.42. The van der Waals surface area contributed by atoms with E-state index < -0.39 is 5.60 Å². The molecule has 0 saturated heterocycles. The number of ether oxygens (including phenoxy) is 2. The lowest BCUT2D eigenvalue weighted by Gasteiger charge is -2.19. The summed E-state index contributed by atoms with van der Waals surface area (Å²) in [7, 11) is 0. The average molecular weight is 329 g/mol. The topological polar surface area (TPSA) is 35.5 Å².